The number of hydrogen-bond donors (Lipinski definition) is 2. The van der Waals surface area contributed by atoms with E-state index in [0.29, 0.717) is 0 Å². The first-order valence-electron chi connectivity index (χ1n) is 9.12. The van der Waals surface area contributed by atoms with Gasteiger partial charge in [-0.3, -0.25) is 0 Å². The van der Waals surface area contributed by atoms with Crippen LogP contribution in [0.1, 0.15) is 96.8 Å². The lowest BCUT2D eigenvalue weighted by Gasteiger charge is -2.02. The van der Waals surface area contributed by atoms with Crippen LogP contribution in [0.25, 0.3) is 0 Å². The molecule has 0 fully saturated rings. The number of nitrogens with one attached hydrogen (secondary N) is 1. The van der Waals surface area contributed by atoms with Crippen molar-refractivity contribution in [2.75, 3.05) is 20.6 Å². The fraction of sp³-hybridized carbons (Fsp3) is 1.00. The number of rotatable bonds is 14. The molecule has 0 atom stereocenters. The molecule has 0 heterocycles. The summed E-state index contributed by atoms with van der Waals surface area (Å²) >= 11 is 0. The third kappa shape index (κ3) is 26.5. The Hall–Kier alpha value is -0.0800. The third-order valence-corrected chi connectivity index (χ3v) is 3.56. The van der Waals surface area contributed by atoms with Gasteiger partial charge in [-0.25, -0.2) is 0 Å². The van der Waals surface area contributed by atoms with E-state index in [-0.39, 0.29) is 0 Å². The standard InChI is InChI=1S/C16H35N.C2H7N/c1-2-3-4-5-6-7-8-9-10-11-12-13-14-15-16-17;1-3-2/h2-17H2,1H3;3H,1-2H3. The van der Waals surface area contributed by atoms with Crippen LogP contribution >= 0.6 is 0 Å². The second kappa shape index (κ2) is 24.0. The van der Waals surface area contributed by atoms with E-state index in [9.17, 15) is 0 Å². The predicted octanol–water partition coefficient (Wildman–Crippen LogP) is 5.26. The lowest BCUT2D eigenvalue weighted by atomic mass is 10.0. The molecule has 0 radical (unpaired) electrons. The first-order chi connectivity index (χ1) is 9.83. The maximum atomic E-state index is 5.47. The summed E-state index contributed by atoms with van der Waals surface area (Å²) in [6, 6.07) is 0. The van der Waals surface area contributed by atoms with Crippen molar-refractivity contribution in [2.24, 2.45) is 5.73 Å². The van der Waals surface area contributed by atoms with Crippen LogP contribution in [0.15, 0.2) is 0 Å². The highest BCUT2D eigenvalue weighted by molar-refractivity contribution is 4.49. The average Bonchev–Trinajstić information content (AvgIpc) is 2.45. The quantitative estimate of drug-likeness (QED) is 0.427. The van der Waals surface area contributed by atoms with E-state index in [0.717, 1.165) is 6.54 Å². The van der Waals surface area contributed by atoms with Crippen molar-refractivity contribution in [3.05, 3.63) is 0 Å². The lowest BCUT2D eigenvalue weighted by Crippen LogP contribution is -1.97. The fourth-order valence-electron chi connectivity index (χ4n) is 2.34. The Morgan fingerprint density at radius 1 is 0.550 bits per heavy atom. The number of unbranched alkanes of at least 4 members (excludes halogenated alkanes) is 13. The van der Waals surface area contributed by atoms with Crippen LogP contribution in [0.2, 0.25) is 0 Å². The summed E-state index contributed by atoms with van der Waals surface area (Å²) in [5.74, 6) is 0. The zero-order valence-corrected chi connectivity index (χ0v) is 14.7. The van der Waals surface area contributed by atoms with E-state index in [1.165, 1.54) is 89.9 Å². The zero-order valence-electron chi connectivity index (χ0n) is 14.7. The topological polar surface area (TPSA) is 38.0 Å². The minimum Gasteiger partial charge on any atom is -0.330 e. The molecule has 0 aliphatic rings. The Morgan fingerprint density at radius 2 is 0.800 bits per heavy atom. The van der Waals surface area contributed by atoms with Gasteiger partial charge in [0.2, 0.25) is 0 Å². The van der Waals surface area contributed by atoms with Gasteiger partial charge in [-0.15, -0.1) is 0 Å². The molecule has 0 aromatic heterocycles. The van der Waals surface area contributed by atoms with E-state index in [2.05, 4.69) is 12.2 Å². The lowest BCUT2D eigenvalue weighted by molar-refractivity contribution is 0.536. The number of nitrogens with two attached hydrogens (primary N) is 1. The molecule has 20 heavy (non-hydrogen) atoms. The first-order valence-corrected chi connectivity index (χ1v) is 9.12. The predicted molar refractivity (Wildman–Crippen MR) is 94.4 cm³/mol. The fourth-order valence-corrected chi connectivity index (χ4v) is 2.34. The maximum absolute atomic E-state index is 5.47. The summed E-state index contributed by atoms with van der Waals surface area (Å²) in [6.07, 6.45) is 19.9. The van der Waals surface area contributed by atoms with E-state index < -0.39 is 0 Å². The molecular formula is C18H42N2. The minimum atomic E-state index is 0.873. The molecule has 0 aliphatic heterocycles. The molecule has 0 amide bonds. The van der Waals surface area contributed by atoms with Gasteiger partial charge in [0, 0.05) is 0 Å². The maximum Gasteiger partial charge on any atom is -0.00773 e. The molecule has 2 heteroatoms. The Bertz CT molecular complexity index is 123. The van der Waals surface area contributed by atoms with Gasteiger partial charge < -0.3 is 11.1 Å². The molecule has 124 valence electrons. The van der Waals surface area contributed by atoms with Gasteiger partial charge in [0.15, 0.2) is 0 Å². The van der Waals surface area contributed by atoms with Gasteiger partial charge >= 0.3 is 0 Å². The normalized spacial score (nSPS) is 10.2. The molecule has 0 aromatic carbocycles. The zero-order chi connectivity index (χ0) is 15.3. The molecule has 0 aliphatic carbocycles. The molecule has 0 rings (SSSR count). The Morgan fingerprint density at radius 3 is 1.05 bits per heavy atom. The molecule has 0 spiro atoms. The van der Waals surface area contributed by atoms with Gasteiger partial charge in [-0.2, -0.15) is 0 Å². The van der Waals surface area contributed by atoms with Crippen LogP contribution in [0.5, 0.6) is 0 Å². The summed E-state index contributed by atoms with van der Waals surface area (Å²) in [5, 5.41) is 2.75. The molecule has 0 aromatic rings. The third-order valence-electron chi connectivity index (χ3n) is 3.56. The summed E-state index contributed by atoms with van der Waals surface area (Å²) < 4.78 is 0. The molecule has 0 saturated carbocycles. The van der Waals surface area contributed by atoms with Gasteiger partial charge in [0.1, 0.15) is 0 Å². The van der Waals surface area contributed by atoms with Crippen LogP contribution in [-0.2, 0) is 0 Å². The summed E-state index contributed by atoms with van der Waals surface area (Å²) in [6.45, 7) is 3.16. The van der Waals surface area contributed by atoms with Crippen molar-refractivity contribution in [3.63, 3.8) is 0 Å². The highest BCUT2D eigenvalue weighted by Crippen LogP contribution is 2.12. The van der Waals surface area contributed by atoms with Crippen LogP contribution < -0.4 is 11.1 Å². The van der Waals surface area contributed by atoms with Gasteiger partial charge in [-0.05, 0) is 27.1 Å². The van der Waals surface area contributed by atoms with Crippen molar-refractivity contribution >= 4 is 0 Å². The Kier molecular flexibility index (Phi) is 26.6. The Labute approximate surface area is 129 Å². The van der Waals surface area contributed by atoms with Crippen molar-refractivity contribution in [1.82, 2.24) is 5.32 Å². The highest BCUT2D eigenvalue weighted by Gasteiger charge is 1.93. The van der Waals surface area contributed by atoms with E-state index in [1.54, 1.807) is 0 Å². The second-order valence-electron chi connectivity index (χ2n) is 5.88. The largest absolute Gasteiger partial charge is 0.330 e. The number of hydrogen-bond acceptors (Lipinski definition) is 2. The smallest absolute Gasteiger partial charge is 0.00773 e. The average molecular weight is 287 g/mol. The molecular weight excluding hydrogens is 244 g/mol. The van der Waals surface area contributed by atoms with Crippen LogP contribution in [0, 0.1) is 0 Å². The molecule has 2 nitrogen and oxygen atoms in total. The summed E-state index contributed by atoms with van der Waals surface area (Å²) in [7, 11) is 3.75. The highest BCUT2D eigenvalue weighted by atomic mass is 14.7. The van der Waals surface area contributed by atoms with E-state index in [1.807, 2.05) is 14.1 Å². The first kappa shape index (κ1) is 22.2. The molecule has 0 unspecified atom stereocenters. The van der Waals surface area contributed by atoms with Crippen LogP contribution in [0.4, 0.5) is 0 Å². The van der Waals surface area contributed by atoms with E-state index >= 15 is 0 Å². The molecule has 0 saturated heterocycles. The molecule has 3 N–H and O–H groups in total. The minimum absolute atomic E-state index is 0.873. The second-order valence-corrected chi connectivity index (χ2v) is 5.88. The summed E-state index contributed by atoms with van der Waals surface area (Å²) in [5.41, 5.74) is 5.47. The van der Waals surface area contributed by atoms with Crippen molar-refractivity contribution in [3.8, 4) is 0 Å². The Balaban J connectivity index is 0. The van der Waals surface area contributed by atoms with Crippen molar-refractivity contribution < 1.29 is 0 Å². The van der Waals surface area contributed by atoms with Gasteiger partial charge in [-0.1, -0.05) is 90.4 Å². The van der Waals surface area contributed by atoms with E-state index in [4.69, 9.17) is 5.73 Å². The van der Waals surface area contributed by atoms with Gasteiger partial charge in [0.05, 0.1) is 0 Å². The van der Waals surface area contributed by atoms with Crippen molar-refractivity contribution in [2.45, 2.75) is 96.8 Å². The van der Waals surface area contributed by atoms with Crippen LogP contribution in [-0.4, -0.2) is 20.6 Å². The van der Waals surface area contributed by atoms with Gasteiger partial charge in [0.25, 0.3) is 0 Å². The summed E-state index contributed by atoms with van der Waals surface area (Å²) in [4.78, 5) is 0. The molecule has 0 bridgehead atoms. The SMILES string of the molecule is CCCCCCCCCCCCCCCCN.CNC. The van der Waals surface area contributed by atoms with Crippen molar-refractivity contribution in [1.29, 1.82) is 0 Å². The monoisotopic (exact) mass is 286 g/mol. The van der Waals surface area contributed by atoms with Crippen LogP contribution in [0.3, 0.4) is 0 Å².